The Kier molecular flexibility index (Phi) is 67.6. The fourth-order valence-electron chi connectivity index (χ4n) is 14.6. The summed E-state index contributed by atoms with van der Waals surface area (Å²) in [6.07, 6.45) is 5.21. The van der Waals surface area contributed by atoms with Gasteiger partial charge in [0.25, 0.3) is 6.47 Å². The average molecular weight is 2250 g/mol. The molecule has 0 aliphatic rings. The number of benzene rings is 6. The third kappa shape index (κ3) is 51.9. The third-order valence-electron chi connectivity index (χ3n) is 22.2. The maximum atomic E-state index is 14.2. The minimum absolute atomic E-state index is 0. The van der Waals surface area contributed by atoms with Crippen LogP contribution in [0.15, 0.2) is 168 Å². The molecule has 6 atom stereocenters. The molecule has 37 nitrogen and oxygen atoms in total. The predicted molar refractivity (Wildman–Crippen MR) is 543 cm³/mol. The number of carbonyl (C=O) groups is 9. The van der Waals surface area contributed by atoms with Crippen LogP contribution in [-0.2, 0) is 95.3 Å². The molecule has 0 saturated heterocycles. The number of ketones is 2. The number of rotatable bonds is 61. The largest absolute Gasteiger partial charge is 1.00 e. The summed E-state index contributed by atoms with van der Waals surface area (Å²) in [5.41, 5.74) is 22.1. The number of azide groups is 2. The number of aromatic hydroxyl groups is 1. The molecule has 0 spiro atoms. The molecule has 0 unspecified atom stereocenters. The zero-order valence-electron chi connectivity index (χ0n) is 88.4. The van der Waals surface area contributed by atoms with E-state index in [1.165, 1.54) is 24.0 Å². The van der Waals surface area contributed by atoms with Crippen molar-refractivity contribution in [3.05, 3.63) is 201 Å². The number of anilines is 2. The van der Waals surface area contributed by atoms with Crippen molar-refractivity contribution in [3.63, 3.8) is 0 Å². The Labute approximate surface area is 970 Å². The molecular formula is C106H146Cs2N12O25. The maximum Gasteiger partial charge on any atom is 1.00 e. The third-order valence-corrected chi connectivity index (χ3v) is 22.2. The zero-order valence-corrected chi connectivity index (χ0v) is 100.0. The molecule has 4 amide bonds. The number of methoxy groups -OCH3 is 2. The number of aryl methyl sites for hydroxylation is 2. The monoisotopic (exact) mass is 2250 g/mol. The number of phenols is 1. The molecule has 0 aliphatic heterocycles. The van der Waals surface area contributed by atoms with Crippen LogP contribution in [0.3, 0.4) is 0 Å². The van der Waals surface area contributed by atoms with Crippen molar-refractivity contribution in [3.8, 4) is 33.8 Å². The van der Waals surface area contributed by atoms with Crippen LogP contribution in [0.1, 0.15) is 182 Å². The Morgan fingerprint density at radius 1 is 0.476 bits per heavy atom. The van der Waals surface area contributed by atoms with Gasteiger partial charge < -0.3 is 88.9 Å². The van der Waals surface area contributed by atoms with E-state index in [-0.39, 0.29) is 238 Å². The van der Waals surface area contributed by atoms with E-state index in [0.717, 1.165) is 84.8 Å². The van der Waals surface area contributed by atoms with Gasteiger partial charge in [-0.3, -0.25) is 43.4 Å². The number of carbonyl (C=O) groups excluding carboxylic acids is 9. The summed E-state index contributed by atoms with van der Waals surface area (Å²) >= 11 is 0. The van der Waals surface area contributed by atoms with Crippen LogP contribution in [-0.4, -0.2) is 245 Å². The molecule has 3 N–H and O–H groups in total. The number of hydrogen-bond acceptors (Lipinski definition) is 29. The van der Waals surface area contributed by atoms with Crippen molar-refractivity contribution in [1.82, 2.24) is 20.6 Å². The molecule has 782 valence electrons. The number of nitrogens with one attached hydrogen (secondary N) is 2. The molecule has 2 heterocycles. The van der Waals surface area contributed by atoms with Gasteiger partial charge >= 0.3 is 162 Å². The summed E-state index contributed by atoms with van der Waals surface area (Å²) in [7, 11) is 2.65. The molecule has 0 aliphatic carbocycles. The van der Waals surface area contributed by atoms with Gasteiger partial charge in [-0.1, -0.05) is 167 Å². The molecule has 145 heavy (non-hydrogen) atoms. The van der Waals surface area contributed by atoms with Crippen LogP contribution in [0.25, 0.3) is 64.7 Å². The molecule has 6 aromatic carbocycles. The summed E-state index contributed by atoms with van der Waals surface area (Å²) in [5, 5.41) is 35.1. The van der Waals surface area contributed by atoms with Gasteiger partial charge in [-0.2, -0.15) is 0 Å². The van der Waals surface area contributed by atoms with Crippen LogP contribution in [0.4, 0.5) is 21.2 Å². The smallest absolute Gasteiger partial charge is 1.00 e. The minimum Gasteiger partial charge on any atom is -1.00 e. The first-order chi connectivity index (χ1) is 68.8. The standard InChI is InChI=1S/C52H70N6O11.C42H51N3O7.C11H23N3O4.CH2O3.2Cs.H/c1-8-38(3)50(56-48(60)14-11-24-58(51(62)69-52(4,5)6)47-34-37(2)21-22-54-47)45(59)35-41(36-49(61)63-7)39-15-17-40(18-16-39)42-19-20-46(44-13-10-9-12-43(42)44)68-33-32-67-31-30-66-29-28-65-27-26-64-25-23-55-57-53;1-8-28(3)40(44-38(48)14-11-23-45(41(50)52-42(4,5)6)37-24-27(2)21-22-43-37)36(47)25-31(26-39(49)51-7)29-15-17-30(18-16-29)32-19-20-35(46)34-13-10-9-12-33(32)34;1-2-4-15-6-8-17-10-11-18-9-7-16-5-3-13-14-12;2-1-4-3;;;/h9-10,12-13,15-22,34,38,41,50H,8,11,14,23-33,35-36H2,1-7H3,(H,56,60);9-10,12-13,15-22,24,28,31,40,46H,8,11,14,23,25-26H2,1-7H3,(H,44,48);2-11H2,1H3;1,3H;;;/q;;;;2*+1;-1/p-1/t38-,41-,50-;28-,31-,40-;;;;;/m00...../s1. The van der Waals surface area contributed by atoms with Gasteiger partial charge in [0, 0.05) is 103 Å². The van der Waals surface area contributed by atoms with E-state index < -0.39 is 59.2 Å². The Balaban J connectivity index is 0.000000820. The van der Waals surface area contributed by atoms with E-state index in [1.54, 1.807) is 72.1 Å². The van der Waals surface area contributed by atoms with Crippen molar-refractivity contribution in [2.75, 3.05) is 163 Å². The van der Waals surface area contributed by atoms with Crippen LogP contribution in [0.2, 0.25) is 0 Å². The van der Waals surface area contributed by atoms with Crippen LogP contribution >= 0.6 is 0 Å². The van der Waals surface area contributed by atoms with E-state index >= 15 is 0 Å². The number of nitrogens with zero attached hydrogens (tertiary/aromatic N) is 10. The first kappa shape index (κ1) is 130. The molecule has 8 rings (SSSR count). The van der Waals surface area contributed by atoms with Crippen molar-refractivity contribution in [2.24, 2.45) is 22.1 Å². The number of esters is 2. The topological polar surface area (TPSA) is 480 Å². The van der Waals surface area contributed by atoms with E-state index in [2.05, 4.69) is 52.5 Å². The SMILES string of the molecule is CCCOCCOCCOCCOCCN=[N+]=[N-].CC[C@H](C)[C@H](NC(=O)CCCN(C(=O)OC(C)(C)C)c1cc(C)ccn1)C(=O)C[C@@H](CC(=O)OC)c1ccc(-c2ccc(O)c3ccccc23)cc1.CC[C@H](C)[C@H](NC(=O)CCCN(C(=O)OC(C)(C)C)c1cc(C)ccn1)C(=O)C[C@@H](CC(=O)OC)c1ccc(-c2ccc(OCCOCCOCCOCCOCCN=[N+]=[N-])c3ccccc23)cc1.O=CO[O-].[Cs+].[Cs+].[H-]. The van der Waals surface area contributed by atoms with E-state index in [1.807, 2.05) is 169 Å². The molecule has 8 aromatic rings. The van der Waals surface area contributed by atoms with Crippen LogP contribution in [0.5, 0.6) is 11.5 Å². The normalized spacial score (nSPS) is 12.1. The number of aromatic nitrogens is 2. The van der Waals surface area contributed by atoms with Crippen LogP contribution in [0, 0.1) is 25.7 Å². The summed E-state index contributed by atoms with van der Waals surface area (Å²) in [6.45, 7) is 33.5. The number of pyridine rings is 2. The number of hydrogen-bond donors (Lipinski definition) is 3. The molecule has 2 aromatic heterocycles. The zero-order chi connectivity index (χ0) is 105. The van der Waals surface area contributed by atoms with Gasteiger partial charge in [0.05, 0.1) is 138 Å². The minimum atomic E-state index is -0.785. The first-order valence-electron chi connectivity index (χ1n) is 48.3. The summed E-state index contributed by atoms with van der Waals surface area (Å²) in [4.78, 5) is 135. The van der Waals surface area contributed by atoms with Gasteiger partial charge in [0.2, 0.25) is 11.8 Å². The number of amides is 4. The predicted octanol–water partition coefficient (Wildman–Crippen LogP) is 11.9. The first-order valence-corrected chi connectivity index (χ1v) is 48.3. The Morgan fingerprint density at radius 2 is 0.821 bits per heavy atom. The van der Waals surface area contributed by atoms with Crippen molar-refractivity contribution >= 4 is 87.2 Å². The van der Waals surface area contributed by atoms with E-state index in [9.17, 15) is 43.5 Å². The fraction of sp³-hybridized carbons (Fsp3) is 0.519. The quantitative estimate of drug-likeness (QED) is 0.00367. The van der Waals surface area contributed by atoms with Crippen molar-refractivity contribution < 1.29 is 259 Å². The van der Waals surface area contributed by atoms with Gasteiger partial charge in [0.1, 0.15) is 40.9 Å². The fourth-order valence-corrected chi connectivity index (χ4v) is 14.6. The molecule has 0 radical (unpaired) electrons. The average Bonchev–Trinajstić information content (AvgIpc) is 0.789. The molecular weight excluding hydrogens is 2110 g/mol. The molecule has 0 bridgehead atoms. The second-order valence-electron chi connectivity index (χ2n) is 35.4. The molecule has 0 saturated carbocycles. The summed E-state index contributed by atoms with van der Waals surface area (Å²) in [6, 6.07) is 44.4. The van der Waals surface area contributed by atoms with Gasteiger partial charge in [-0.15, -0.1) is 0 Å². The molecule has 0 fully saturated rings. The van der Waals surface area contributed by atoms with Crippen molar-refractivity contribution in [1.29, 1.82) is 0 Å². The number of Topliss-reactive ketones (excluding diaryl/α,β-unsaturated/α-hetero) is 2. The second-order valence-corrected chi connectivity index (χ2v) is 35.4. The number of fused-ring (bicyclic) bond motifs is 2. The Hall–Kier alpha value is -8.67. The molecule has 39 heteroatoms. The Morgan fingerprint density at radius 3 is 1.17 bits per heavy atom. The van der Waals surface area contributed by atoms with Crippen molar-refractivity contribution in [2.45, 2.75) is 196 Å². The summed E-state index contributed by atoms with van der Waals surface area (Å²) in [5.74, 6) is -1.38. The van der Waals surface area contributed by atoms with Gasteiger partial charge in [-0.25, -0.2) is 19.6 Å². The van der Waals surface area contributed by atoms with E-state index in [0.29, 0.717) is 156 Å². The van der Waals surface area contributed by atoms with Gasteiger partial charge in [-0.05, 0) is 189 Å². The van der Waals surface area contributed by atoms with E-state index in [4.69, 9.17) is 82.7 Å². The Bertz CT molecular complexity index is 5280. The van der Waals surface area contributed by atoms with Gasteiger partial charge in [0.15, 0.2) is 11.6 Å². The second kappa shape index (κ2) is 75.1. The number of ether oxygens (including phenoxy) is 13. The maximum absolute atomic E-state index is 14.2. The number of phenolic OH excluding ortho intramolecular Hbond substituents is 1. The van der Waals surface area contributed by atoms with Crippen LogP contribution < -0.4 is 168 Å². The summed E-state index contributed by atoms with van der Waals surface area (Å²) < 4.78 is 70.4.